The highest BCUT2D eigenvalue weighted by atomic mass is 16.2. The first-order chi connectivity index (χ1) is 9.61. The van der Waals surface area contributed by atoms with Crippen LogP contribution in [0, 0.1) is 11.3 Å². The third-order valence-corrected chi connectivity index (χ3v) is 5.02. The van der Waals surface area contributed by atoms with Crippen molar-refractivity contribution in [2.24, 2.45) is 11.3 Å². The summed E-state index contributed by atoms with van der Waals surface area (Å²) < 4.78 is 0. The molecule has 2 fully saturated rings. The van der Waals surface area contributed by atoms with Gasteiger partial charge in [-0.25, -0.2) is 0 Å². The molecule has 1 N–H and O–H groups in total. The van der Waals surface area contributed by atoms with Crippen molar-refractivity contribution in [3.8, 4) is 0 Å². The van der Waals surface area contributed by atoms with Gasteiger partial charge in [-0.1, -0.05) is 20.3 Å². The van der Waals surface area contributed by atoms with Crippen LogP contribution in [-0.4, -0.2) is 36.3 Å². The van der Waals surface area contributed by atoms with Crippen LogP contribution in [0.3, 0.4) is 0 Å². The molecule has 2 heterocycles. The summed E-state index contributed by atoms with van der Waals surface area (Å²) in [5, 5.41) is 2.55. The maximum atomic E-state index is 12.2. The number of hydrogen-bond donors (Lipinski definition) is 1. The first-order valence-corrected chi connectivity index (χ1v) is 8.17. The highest BCUT2D eigenvalue weighted by Crippen LogP contribution is 2.46. The van der Waals surface area contributed by atoms with Crippen LogP contribution in [0.4, 0.5) is 0 Å². The van der Waals surface area contributed by atoms with Crippen LogP contribution in [0.1, 0.15) is 58.8 Å². The Hall–Kier alpha value is -0.900. The number of amides is 2. The molecule has 2 unspecified atom stereocenters. The number of rotatable bonds is 4. The second kappa shape index (κ2) is 6.70. The van der Waals surface area contributed by atoms with E-state index >= 15 is 0 Å². The standard InChI is InChI=1S/C16H28N2O2/c1-3-6-13-15(20)17-14(19)12-16(13)7-5-10-18(9-4-2)11-8-16/h13H,3-12H2,1-2H3,(H,17,19,20). The second-order valence-electron chi connectivity index (χ2n) is 6.49. The number of hydrogen-bond acceptors (Lipinski definition) is 3. The van der Waals surface area contributed by atoms with Gasteiger partial charge in [-0.15, -0.1) is 0 Å². The Morgan fingerprint density at radius 2 is 2.00 bits per heavy atom. The first kappa shape index (κ1) is 15.5. The average molecular weight is 280 g/mol. The summed E-state index contributed by atoms with van der Waals surface area (Å²) in [6.45, 7) is 7.61. The van der Waals surface area contributed by atoms with Crippen molar-refractivity contribution in [3.63, 3.8) is 0 Å². The predicted molar refractivity (Wildman–Crippen MR) is 79.2 cm³/mol. The van der Waals surface area contributed by atoms with Crippen molar-refractivity contribution >= 4 is 11.8 Å². The van der Waals surface area contributed by atoms with Crippen molar-refractivity contribution in [2.45, 2.75) is 58.8 Å². The van der Waals surface area contributed by atoms with Gasteiger partial charge >= 0.3 is 0 Å². The number of likely N-dealkylation sites (tertiary alicyclic amines) is 1. The van der Waals surface area contributed by atoms with Crippen LogP contribution >= 0.6 is 0 Å². The Morgan fingerprint density at radius 1 is 1.20 bits per heavy atom. The molecule has 2 aliphatic rings. The lowest BCUT2D eigenvalue weighted by atomic mass is 9.64. The summed E-state index contributed by atoms with van der Waals surface area (Å²) >= 11 is 0. The quantitative estimate of drug-likeness (QED) is 0.804. The molecule has 114 valence electrons. The number of nitrogens with one attached hydrogen (secondary N) is 1. The van der Waals surface area contributed by atoms with Gasteiger partial charge in [0.15, 0.2) is 0 Å². The molecule has 0 aromatic rings. The maximum Gasteiger partial charge on any atom is 0.230 e. The van der Waals surface area contributed by atoms with Gasteiger partial charge in [0.1, 0.15) is 0 Å². The lowest BCUT2D eigenvalue weighted by Crippen LogP contribution is -2.52. The van der Waals surface area contributed by atoms with Crippen LogP contribution in [0.15, 0.2) is 0 Å². The van der Waals surface area contributed by atoms with E-state index in [-0.39, 0.29) is 23.1 Å². The minimum absolute atomic E-state index is 0.0213. The monoisotopic (exact) mass is 280 g/mol. The van der Waals surface area contributed by atoms with E-state index in [1.165, 1.54) is 6.42 Å². The van der Waals surface area contributed by atoms with Crippen LogP contribution in [0.2, 0.25) is 0 Å². The summed E-state index contributed by atoms with van der Waals surface area (Å²) in [5.41, 5.74) is -0.0715. The number of carbonyl (C=O) groups excluding carboxylic acids is 2. The van der Waals surface area contributed by atoms with E-state index in [2.05, 4.69) is 24.1 Å². The fourth-order valence-corrected chi connectivity index (χ4v) is 4.05. The SMILES string of the molecule is CCCC1C(=O)NC(=O)CC12CCCN(CCC)CC2. The molecule has 2 rings (SSSR count). The van der Waals surface area contributed by atoms with E-state index in [4.69, 9.17) is 0 Å². The van der Waals surface area contributed by atoms with Gasteiger partial charge in [-0.2, -0.15) is 0 Å². The van der Waals surface area contributed by atoms with E-state index in [0.717, 1.165) is 51.7 Å². The van der Waals surface area contributed by atoms with Gasteiger partial charge in [-0.05, 0) is 57.2 Å². The van der Waals surface area contributed by atoms with E-state index < -0.39 is 0 Å². The van der Waals surface area contributed by atoms with Crippen LogP contribution in [0.5, 0.6) is 0 Å². The summed E-state index contributed by atoms with van der Waals surface area (Å²) in [6, 6.07) is 0. The summed E-state index contributed by atoms with van der Waals surface area (Å²) in [7, 11) is 0. The normalized spacial score (nSPS) is 32.2. The molecular weight excluding hydrogens is 252 g/mol. The number of nitrogens with zero attached hydrogens (tertiary/aromatic N) is 1. The van der Waals surface area contributed by atoms with Crippen molar-refractivity contribution in [2.75, 3.05) is 19.6 Å². The molecule has 4 heteroatoms. The topological polar surface area (TPSA) is 49.4 Å². The van der Waals surface area contributed by atoms with E-state index in [1.54, 1.807) is 0 Å². The number of carbonyl (C=O) groups is 2. The third kappa shape index (κ3) is 3.22. The van der Waals surface area contributed by atoms with Crippen molar-refractivity contribution < 1.29 is 9.59 Å². The fourth-order valence-electron chi connectivity index (χ4n) is 4.05. The maximum absolute atomic E-state index is 12.2. The summed E-state index contributed by atoms with van der Waals surface area (Å²) in [4.78, 5) is 26.6. The molecule has 1 spiro atoms. The molecule has 0 aromatic heterocycles. The van der Waals surface area contributed by atoms with Gasteiger partial charge in [0, 0.05) is 12.3 Å². The van der Waals surface area contributed by atoms with E-state index in [9.17, 15) is 9.59 Å². The Bertz CT molecular complexity index is 369. The highest BCUT2D eigenvalue weighted by molar-refractivity contribution is 5.99. The number of piperidine rings is 1. The zero-order valence-corrected chi connectivity index (χ0v) is 12.9. The van der Waals surface area contributed by atoms with Gasteiger partial charge < -0.3 is 4.90 Å². The molecule has 0 radical (unpaired) electrons. The molecule has 0 aromatic carbocycles. The molecular formula is C16H28N2O2. The smallest absolute Gasteiger partial charge is 0.230 e. The van der Waals surface area contributed by atoms with Gasteiger partial charge in [0.25, 0.3) is 0 Å². The largest absolute Gasteiger partial charge is 0.303 e. The molecule has 0 saturated carbocycles. The zero-order chi connectivity index (χ0) is 14.6. The molecule has 2 saturated heterocycles. The van der Waals surface area contributed by atoms with Crippen molar-refractivity contribution in [3.05, 3.63) is 0 Å². The first-order valence-electron chi connectivity index (χ1n) is 8.17. The lowest BCUT2D eigenvalue weighted by Gasteiger charge is -2.42. The molecule has 0 aliphatic carbocycles. The Labute approximate surface area is 122 Å². The van der Waals surface area contributed by atoms with Gasteiger partial charge in [0.05, 0.1) is 0 Å². The Morgan fingerprint density at radius 3 is 2.70 bits per heavy atom. The Kier molecular flexibility index (Phi) is 5.19. The molecule has 2 amide bonds. The molecule has 0 bridgehead atoms. The van der Waals surface area contributed by atoms with Gasteiger partial charge in [-0.3, -0.25) is 14.9 Å². The van der Waals surface area contributed by atoms with Crippen LogP contribution in [0.25, 0.3) is 0 Å². The highest BCUT2D eigenvalue weighted by Gasteiger charge is 2.47. The van der Waals surface area contributed by atoms with Crippen LogP contribution < -0.4 is 5.32 Å². The minimum Gasteiger partial charge on any atom is -0.303 e. The summed E-state index contributed by atoms with van der Waals surface area (Å²) in [5.74, 6) is -0.0508. The molecule has 4 nitrogen and oxygen atoms in total. The molecule has 2 aliphatic heterocycles. The number of imide groups is 1. The molecule has 2 atom stereocenters. The van der Waals surface area contributed by atoms with Gasteiger partial charge in [0.2, 0.25) is 11.8 Å². The molecule has 20 heavy (non-hydrogen) atoms. The lowest BCUT2D eigenvalue weighted by molar-refractivity contribution is -0.144. The van der Waals surface area contributed by atoms with Crippen molar-refractivity contribution in [1.29, 1.82) is 0 Å². The van der Waals surface area contributed by atoms with Crippen molar-refractivity contribution in [1.82, 2.24) is 10.2 Å². The van der Waals surface area contributed by atoms with E-state index in [0.29, 0.717) is 6.42 Å². The second-order valence-corrected chi connectivity index (χ2v) is 6.49. The summed E-state index contributed by atoms with van der Waals surface area (Å²) in [6.07, 6.45) is 6.77. The van der Waals surface area contributed by atoms with E-state index in [1.807, 2.05) is 0 Å². The average Bonchev–Trinajstić information content (AvgIpc) is 2.58. The third-order valence-electron chi connectivity index (χ3n) is 5.02. The zero-order valence-electron chi connectivity index (χ0n) is 12.9. The predicted octanol–water partition coefficient (Wildman–Crippen LogP) is 2.33. The van der Waals surface area contributed by atoms with Crippen LogP contribution in [-0.2, 0) is 9.59 Å². The minimum atomic E-state index is -0.0715. The fraction of sp³-hybridized carbons (Fsp3) is 0.875. The Balaban J connectivity index is 2.15.